The molecule has 2 aliphatic heterocycles. The van der Waals surface area contributed by atoms with Crippen molar-refractivity contribution in [1.82, 2.24) is 0 Å². The number of ether oxygens (including phenoxy) is 2. The van der Waals surface area contributed by atoms with E-state index in [1.807, 2.05) is 0 Å². The van der Waals surface area contributed by atoms with Gasteiger partial charge < -0.3 is 14.6 Å². The van der Waals surface area contributed by atoms with E-state index in [0.29, 0.717) is 0 Å². The summed E-state index contributed by atoms with van der Waals surface area (Å²) in [5.74, 6) is -1.39. The van der Waals surface area contributed by atoms with Crippen LogP contribution >= 0.6 is 0 Å². The number of carbonyl (C=O) groups is 1. The molecule has 162 valence electrons. The molecule has 1 N–H and O–H groups in total. The molecule has 2 aromatic rings. The van der Waals surface area contributed by atoms with E-state index >= 15 is 0 Å². The number of halogens is 1. The predicted octanol–water partition coefficient (Wildman–Crippen LogP) is 3.22. The number of allylic oxidation sites excluding steroid dienone is 1. The van der Waals surface area contributed by atoms with Crippen molar-refractivity contribution in [2.45, 2.75) is 22.6 Å². The number of carboxylic acid groups (broad SMARTS) is 1. The number of nitrogens with zero attached hydrogens (tertiary/aromatic N) is 1. The van der Waals surface area contributed by atoms with Gasteiger partial charge in [0.25, 0.3) is 0 Å². The fourth-order valence-corrected chi connectivity index (χ4v) is 6.16. The highest BCUT2D eigenvalue weighted by Gasteiger charge is 2.65. The summed E-state index contributed by atoms with van der Waals surface area (Å²) in [6.45, 7) is 0.186. The molecule has 0 aromatic heterocycles. The molecule has 1 unspecified atom stereocenters. The van der Waals surface area contributed by atoms with Crippen molar-refractivity contribution in [2.75, 3.05) is 13.2 Å². The summed E-state index contributed by atoms with van der Waals surface area (Å²) in [6, 6.07) is 12.8. The molecule has 1 atom stereocenters. The molecule has 31 heavy (non-hydrogen) atoms. The monoisotopic (exact) mass is 445 g/mol. The summed E-state index contributed by atoms with van der Waals surface area (Å²) in [7, 11) is -4.29. The molecular formula is C22H20FNO6S. The second kappa shape index (κ2) is 7.90. The normalized spacial score (nSPS) is 22.7. The molecule has 0 bridgehead atoms. The van der Waals surface area contributed by atoms with Crippen LogP contribution in [0.3, 0.4) is 0 Å². The second-order valence-corrected chi connectivity index (χ2v) is 9.47. The van der Waals surface area contributed by atoms with Gasteiger partial charge in [0.15, 0.2) is 0 Å². The zero-order valence-electron chi connectivity index (χ0n) is 16.4. The Kier molecular flexibility index (Phi) is 5.40. The van der Waals surface area contributed by atoms with Crippen molar-refractivity contribution < 1.29 is 32.2 Å². The molecule has 0 amide bonds. The van der Waals surface area contributed by atoms with Gasteiger partial charge in [-0.25, -0.2) is 12.8 Å². The maximum atomic E-state index is 13.8. The molecule has 4 rings (SSSR count). The molecule has 1 saturated heterocycles. The van der Waals surface area contributed by atoms with Gasteiger partial charge in [0.05, 0.1) is 11.1 Å². The summed E-state index contributed by atoms with van der Waals surface area (Å²) in [6.07, 6.45) is 2.39. The van der Waals surface area contributed by atoms with Gasteiger partial charge in [-0.15, -0.1) is 0 Å². The van der Waals surface area contributed by atoms with Gasteiger partial charge in [0.2, 0.25) is 14.7 Å². The number of benzene rings is 2. The first-order chi connectivity index (χ1) is 14.8. The largest absolute Gasteiger partial charge is 0.481 e. The van der Waals surface area contributed by atoms with Gasteiger partial charge >= 0.3 is 5.97 Å². The van der Waals surface area contributed by atoms with E-state index < -0.39 is 31.9 Å². The number of rotatable bonds is 6. The smallest absolute Gasteiger partial charge is 0.313 e. The van der Waals surface area contributed by atoms with E-state index in [9.17, 15) is 22.7 Å². The molecule has 1 fully saturated rings. The van der Waals surface area contributed by atoms with E-state index in [1.165, 1.54) is 48.7 Å². The lowest BCUT2D eigenvalue weighted by Crippen LogP contribution is -2.57. The van der Waals surface area contributed by atoms with Crippen molar-refractivity contribution in [2.24, 2.45) is 10.4 Å². The molecule has 0 spiro atoms. The van der Waals surface area contributed by atoms with Crippen LogP contribution in [0.15, 0.2) is 76.3 Å². The van der Waals surface area contributed by atoms with Gasteiger partial charge in [0, 0.05) is 19.3 Å². The number of aliphatic imine (C=N–C) groups is 1. The van der Waals surface area contributed by atoms with Crippen LogP contribution in [0.25, 0.3) is 0 Å². The van der Waals surface area contributed by atoms with Gasteiger partial charge in [-0.1, -0.05) is 18.2 Å². The average Bonchev–Trinajstić information content (AvgIpc) is 3.22. The standard InChI is InChI=1S/C22H20FNO6S/c23-16-6-8-17(9-7-16)30-18-14-22(24-15-18,21(20(25)26)10-12-29-13-11-21)31(27,28)19-4-2-1-3-5-19/h1-9,14-15H,10-13H2,(H,25,26). The Morgan fingerprint density at radius 3 is 2.32 bits per heavy atom. The lowest BCUT2D eigenvalue weighted by Gasteiger charge is -2.43. The van der Waals surface area contributed by atoms with Crippen LogP contribution < -0.4 is 4.74 Å². The number of hydrogen-bond donors (Lipinski definition) is 1. The highest BCUT2D eigenvalue weighted by atomic mass is 32.2. The van der Waals surface area contributed by atoms with Crippen LogP contribution in [0, 0.1) is 11.2 Å². The topological polar surface area (TPSA) is 102 Å². The minimum absolute atomic E-state index is 0.0356. The summed E-state index contributed by atoms with van der Waals surface area (Å²) in [4.78, 5) is 14.7. The van der Waals surface area contributed by atoms with Gasteiger partial charge in [-0.2, -0.15) is 0 Å². The zero-order valence-corrected chi connectivity index (χ0v) is 17.2. The third-order valence-electron chi connectivity index (χ3n) is 5.68. The van der Waals surface area contributed by atoms with Gasteiger partial charge in [-0.05, 0) is 49.2 Å². The minimum atomic E-state index is -4.29. The van der Waals surface area contributed by atoms with E-state index in [2.05, 4.69) is 4.99 Å². The molecule has 0 saturated carbocycles. The van der Waals surface area contributed by atoms with Crippen LogP contribution in [0.1, 0.15) is 12.8 Å². The molecule has 2 aromatic carbocycles. The Morgan fingerprint density at radius 1 is 1.06 bits per heavy atom. The number of hydrogen-bond acceptors (Lipinski definition) is 6. The van der Waals surface area contributed by atoms with Crippen molar-refractivity contribution in [3.8, 4) is 5.75 Å². The zero-order chi connectivity index (χ0) is 22.1. The van der Waals surface area contributed by atoms with Crippen LogP contribution in [0.5, 0.6) is 5.75 Å². The maximum absolute atomic E-state index is 13.8. The fraction of sp³-hybridized carbons (Fsp3) is 0.273. The molecule has 7 nitrogen and oxygen atoms in total. The van der Waals surface area contributed by atoms with Crippen LogP contribution in [0.2, 0.25) is 0 Å². The van der Waals surface area contributed by atoms with Gasteiger partial charge in [0.1, 0.15) is 22.7 Å². The van der Waals surface area contributed by atoms with Crippen LogP contribution in [-0.4, -0.2) is 43.8 Å². The Labute approximate surface area is 178 Å². The van der Waals surface area contributed by atoms with Crippen LogP contribution in [-0.2, 0) is 19.4 Å². The molecule has 0 radical (unpaired) electrons. The SMILES string of the molecule is O=C(O)C1(C2(S(=O)(=O)c3ccccc3)C=C(Oc3ccc(F)cc3)C=N2)CCOCC1. The Morgan fingerprint density at radius 2 is 1.71 bits per heavy atom. The van der Waals surface area contributed by atoms with Crippen molar-refractivity contribution in [1.29, 1.82) is 0 Å². The molecule has 0 aliphatic carbocycles. The third kappa shape index (κ3) is 3.43. The summed E-state index contributed by atoms with van der Waals surface area (Å²) in [5, 5.41) is 10.2. The van der Waals surface area contributed by atoms with Crippen molar-refractivity contribution >= 4 is 22.0 Å². The molecular weight excluding hydrogens is 425 g/mol. The summed E-state index contributed by atoms with van der Waals surface area (Å²) in [5.41, 5.74) is -1.75. The number of sulfone groups is 1. The first-order valence-electron chi connectivity index (χ1n) is 9.63. The fourth-order valence-electron chi connectivity index (χ4n) is 4.01. The van der Waals surface area contributed by atoms with E-state index in [4.69, 9.17) is 9.47 Å². The maximum Gasteiger partial charge on any atom is 0.313 e. The highest BCUT2D eigenvalue weighted by molar-refractivity contribution is 7.93. The first kappa shape index (κ1) is 21.2. The van der Waals surface area contributed by atoms with Crippen molar-refractivity contribution in [3.63, 3.8) is 0 Å². The number of carboxylic acids is 1. The minimum Gasteiger partial charge on any atom is -0.481 e. The van der Waals surface area contributed by atoms with Crippen LogP contribution in [0.4, 0.5) is 4.39 Å². The summed E-state index contributed by atoms with van der Waals surface area (Å²) >= 11 is 0. The first-order valence-corrected chi connectivity index (χ1v) is 11.1. The summed E-state index contributed by atoms with van der Waals surface area (Å²) < 4.78 is 51.9. The predicted molar refractivity (Wildman–Crippen MR) is 110 cm³/mol. The quantitative estimate of drug-likeness (QED) is 0.733. The Hall–Kier alpha value is -3.04. The second-order valence-electron chi connectivity index (χ2n) is 7.37. The lowest BCUT2D eigenvalue weighted by molar-refractivity contribution is -0.157. The Bertz CT molecular complexity index is 1140. The number of aliphatic carboxylic acids is 1. The Balaban J connectivity index is 1.87. The molecule has 9 heteroatoms. The van der Waals surface area contributed by atoms with E-state index in [-0.39, 0.29) is 42.5 Å². The van der Waals surface area contributed by atoms with E-state index in [1.54, 1.807) is 18.2 Å². The third-order valence-corrected chi connectivity index (χ3v) is 8.00. The average molecular weight is 445 g/mol. The molecule has 2 aliphatic rings. The highest BCUT2D eigenvalue weighted by Crippen LogP contribution is 2.52. The van der Waals surface area contributed by atoms with Gasteiger partial charge in [-0.3, -0.25) is 9.79 Å². The van der Waals surface area contributed by atoms with E-state index in [0.717, 1.165) is 0 Å². The van der Waals surface area contributed by atoms with Crippen molar-refractivity contribution in [3.05, 3.63) is 72.2 Å². The lowest BCUT2D eigenvalue weighted by atomic mass is 9.73. The molecule has 2 heterocycles.